The lowest BCUT2D eigenvalue weighted by Crippen LogP contribution is -2.40. The molecule has 1 saturated heterocycles. The summed E-state index contributed by atoms with van der Waals surface area (Å²) in [5.74, 6) is -0.494. The standard InChI is InChI=1S/C23H28N4O4/c1-16(2)25-22(29)17-5-3-7-19(13-17)24-15-21(28)26-20-8-4-6-18(14-20)23(30)27-9-11-31-12-10-27/h3-8,13-14,16,24H,9-12,15H2,1-2H3,(H,25,29)(H,26,28). The normalized spacial score (nSPS) is 13.6. The van der Waals surface area contributed by atoms with E-state index in [-0.39, 0.29) is 30.3 Å². The Morgan fingerprint density at radius 2 is 1.61 bits per heavy atom. The van der Waals surface area contributed by atoms with E-state index in [1.54, 1.807) is 53.4 Å². The van der Waals surface area contributed by atoms with E-state index in [1.165, 1.54) is 0 Å². The maximum atomic E-state index is 12.6. The Morgan fingerprint density at radius 1 is 0.968 bits per heavy atom. The van der Waals surface area contributed by atoms with Gasteiger partial charge in [-0.15, -0.1) is 0 Å². The summed E-state index contributed by atoms with van der Waals surface area (Å²) in [6.45, 7) is 6.02. The summed E-state index contributed by atoms with van der Waals surface area (Å²) in [7, 11) is 0. The minimum atomic E-state index is -0.256. The molecule has 0 aromatic heterocycles. The minimum Gasteiger partial charge on any atom is -0.378 e. The SMILES string of the molecule is CC(C)NC(=O)c1cccc(NCC(=O)Nc2cccc(C(=O)N3CCOCC3)c2)c1. The summed E-state index contributed by atoms with van der Waals surface area (Å²) in [4.78, 5) is 38.9. The predicted octanol–water partition coefficient (Wildman–Crippen LogP) is 2.35. The number of ether oxygens (including phenoxy) is 1. The highest BCUT2D eigenvalue weighted by Gasteiger charge is 2.18. The molecule has 0 aliphatic carbocycles. The van der Waals surface area contributed by atoms with Gasteiger partial charge in [0.25, 0.3) is 11.8 Å². The second-order valence-corrected chi connectivity index (χ2v) is 7.60. The van der Waals surface area contributed by atoms with Crippen LogP contribution in [0.15, 0.2) is 48.5 Å². The fraction of sp³-hybridized carbons (Fsp3) is 0.348. The second kappa shape index (κ2) is 10.6. The van der Waals surface area contributed by atoms with Gasteiger partial charge in [0.05, 0.1) is 19.8 Å². The Morgan fingerprint density at radius 3 is 2.32 bits per heavy atom. The number of hydrogen-bond acceptors (Lipinski definition) is 5. The van der Waals surface area contributed by atoms with Crippen molar-refractivity contribution in [2.24, 2.45) is 0 Å². The van der Waals surface area contributed by atoms with E-state index in [1.807, 2.05) is 13.8 Å². The Kier molecular flexibility index (Phi) is 7.61. The van der Waals surface area contributed by atoms with Crippen LogP contribution in [0, 0.1) is 0 Å². The lowest BCUT2D eigenvalue weighted by Gasteiger charge is -2.27. The van der Waals surface area contributed by atoms with Crippen LogP contribution >= 0.6 is 0 Å². The van der Waals surface area contributed by atoms with Crippen molar-refractivity contribution in [1.82, 2.24) is 10.2 Å². The fourth-order valence-electron chi connectivity index (χ4n) is 3.18. The predicted molar refractivity (Wildman–Crippen MR) is 119 cm³/mol. The number of nitrogens with one attached hydrogen (secondary N) is 3. The molecule has 1 heterocycles. The molecule has 8 heteroatoms. The van der Waals surface area contributed by atoms with Crippen LogP contribution in [0.2, 0.25) is 0 Å². The molecule has 0 spiro atoms. The molecule has 0 atom stereocenters. The average molecular weight is 425 g/mol. The molecule has 0 saturated carbocycles. The van der Waals surface area contributed by atoms with Gasteiger partial charge in [-0.25, -0.2) is 0 Å². The molecule has 0 radical (unpaired) electrons. The molecular weight excluding hydrogens is 396 g/mol. The summed E-state index contributed by atoms with van der Waals surface area (Å²) in [6, 6.07) is 13.9. The smallest absolute Gasteiger partial charge is 0.254 e. The molecule has 0 unspecified atom stereocenters. The third kappa shape index (κ3) is 6.55. The van der Waals surface area contributed by atoms with E-state index in [0.717, 1.165) is 0 Å². The summed E-state index contributed by atoms with van der Waals surface area (Å²) in [5.41, 5.74) is 2.27. The van der Waals surface area contributed by atoms with Crippen molar-refractivity contribution in [2.75, 3.05) is 43.5 Å². The van der Waals surface area contributed by atoms with Crippen LogP contribution in [0.4, 0.5) is 11.4 Å². The van der Waals surface area contributed by atoms with Crippen LogP contribution in [0.1, 0.15) is 34.6 Å². The monoisotopic (exact) mass is 424 g/mol. The van der Waals surface area contributed by atoms with Gasteiger partial charge in [0.1, 0.15) is 0 Å². The highest BCUT2D eigenvalue weighted by atomic mass is 16.5. The fourth-order valence-corrected chi connectivity index (χ4v) is 3.18. The van der Waals surface area contributed by atoms with Gasteiger partial charge >= 0.3 is 0 Å². The highest BCUT2D eigenvalue weighted by Crippen LogP contribution is 2.15. The second-order valence-electron chi connectivity index (χ2n) is 7.60. The van der Waals surface area contributed by atoms with E-state index in [9.17, 15) is 14.4 Å². The maximum Gasteiger partial charge on any atom is 0.254 e. The topological polar surface area (TPSA) is 99.8 Å². The molecule has 1 fully saturated rings. The number of carbonyl (C=O) groups is 3. The highest BCUT2D eigenvalue weighted by molar-refractivity contribution is 5.98. The molecular formula is C23H28N4O4. The Labute approximate surface area is 182 Å². The van der Waals surface area contributed by atoms with Gasteiger partial charge in [0, 0.05) is 41.6 Å². The first-order chi connectivity index (χ1) is 14.9. The van der Waals surface area contributed by atoms with Crippen molar-refractivity contribution in [3.63, 3.8) is 0 Å². The molecule has 1 aliphatic heterocycles. The van der Waals surface area contributed by atoms with Crippen molar-refractivity contribution in [1.29, 1.82) is 0 Å². The number of rotatable bonds is 7. The van der Waals surface area contributed by atoms with Crippen LogP contribution in [0.3, 0.4) is 0 Å². The van der Waals surface area contributed by atoms with Crippen molar-refractivity contribution >= 4 is 29.1 Å². The zero-order valence-electron chi connectivity index (χ0n) is 17.8. The molecule has 164 valence electrons. The van der Waals surface area contributed by atoms with Gasteiger partial charge in [-0.1, -0.05) is 12.1 Å². The summed E-state index contributed by atoms with van der Waals surface area (Å²) < 4.78 is 5.28. The van der Waals surface area contributed by atoms with Crippen molar-refractivity contribution in [2.45, 2.75) is 19.9 Å². The number of carbonyl (C=O) groups excluding carboxylic acids is 3. The number of nitrogens with zero attached hydrogens (tertiary/aromatic N) is 1. The van der Waals surface area contributed by atoms with Crippen LogP contribution in [-0.2, 0) is 9.53 Å². The Bertz CT molecular complexity index is 939. The van der Waals surface area contributed by atoms with E-state index < -0.39 is 0 Å². The first-order valence-electron chi connectivity index (χ1n) is 10.3. The summed E-state index contributed by atoms with van der Waals surface area (Å²) in [6.07, 6.45) is 0. The molecule has 3 N–H and O–H groups in total. The lowest BCUT2D eigenvalue weighted by molar-refractivity contribution is -0.114. The first-order valence-corrected chi connectivity index (χ1v) is 10.3. The average Bonchev–Trinajstić information content (AvgIpc) is 2.78. The van der Waals surface area contributed by atoms with Crippen LogP contribution < -0.4 is 16.0 Å². The van der Waals surface area contributed by atoms with Gasteiger partial charge < -0.3 is 25.6 Å². The number of amides is 3. The number of benzene rings is 2. The quantitative estimate of drug-likeness (QED) is 0.634. The third-order valence-electron chi connectivity index (χ3n) is 4.69. The maximum absolute atomic E-state index is 12.6. The van der Waals surface area contributed by atoms with Gasteiger partial charge in [0.2, 0.25) is 5.91 Å². The summed E-state index contributed by atoms with van der Waals surface area (Å²) >= 11 is 0. The molecule has 1 aliphatic rings. The Hall–Kier alpha value is -3.39. The van der Waals surface area contributed by atoms with E-state index in [2.05, 4.69) is 16.0 Å². The van der Waals surface area contributed by atoms with E-state index in [4.69, 9.17) is 4.74 Å². The molecule has 0 bridgehead atoms. The van der Waals surface area contributed by atoms with Crippen molar-refractivity contribution in [3.8, 4) is 0 Å². The zero-order chi connectivity index (χ0) is 22.2. The van der Waals surface area contributed by atoms with Crippen LogP contribution in [0.5, 0.6) is 0 Å². The number of hydrogen-bond donors (Lipinski definition) is 3. The van der Waals surface area contributed by atoms with Crippen molar-refractivity contribution < 1.29 is 19.1 Å². The molecule has 3 rings (SSSR count). The summed E-state index contributed by atoms with van der Waals surface area (Å²) in [5, 5.41) is 8.66. The van der Waals surface area contributed by atoms with Crippen LogP contribution in [0.25, 0.3) is 0 Å². The lowest BCUT2D eigenvalue weighted by atomic mass is 10.1. The van der Waals surface area contributed by atoms with Gasteiger partial charge in [-0.3, -0.25) is 14.4 Å². The molecule has 31 heavy (non-hydrogen) atoms. The van der Waals surface area contributed by atoms with E-state index in [0.29, 0.717) is 48.8 Å². The number of morpholine rings is 1. The molecule has 2 aromatic rings. The zero-order valence-corrected chi connectivity index (χ0v) is 17.8. The van der Waals surface area contributed by atoms with Gasteiger partial charge in [-0.05, 0) is 50.2 Å². The van der Waals surface area contributed by atoms with Gasteiger partial charge in [-0.2, -0.15) is 0 Å². The Balaban J connectivity index is 1.55. The van der Waals surface area contributed by atoms with E-state index >= 15 is 0 Å². The van der Waals surface area contributed by atoms with Gasteiger partial charge in [0.15, 0.2) is 0 Å². The largest absolute Gasteiger partial charge is 0.378 e. The molecule has 2 aromatic carbocycles. The first kappa shape index (κ1) is 22.3. The molecule has 3 amide bonds. The minimum absolute atomic E-state index is 0.0247. The third-order valence-corrected chi connectivity index (χ3v) is 4.69. The van der Waals surface area contributed by atoms with Crippen LogP contribution in [-0.4, -0.2) is 61.5 Å². The number of anilines is 2. The molecule has 8 nitrogen and oxygen atoms in total. The van der Waals surface area contributed by atoms with Crippen molar-refractivity contribution in [3.05, 3.63) is 59.7 Å².